The third kappa shape index (κ3) is 4.02. The maximum absolute atomic E-state index is 9.95. The van der Waals surface area contributed by atoms with Crippen LogP contribution in [-0.4, -0.2) is 47.9 Å². The first-order valence-corrected chi connectivity index (χ1v) is 9.13. The van der Waals surface area contributed by atoms with Gasteiger partial charge in [-0.2, -0.15) is 5.10 Å². The number of hydrogen-bond donors (Lipinski definition) is 3. The standard InChI is InChI=1S/C19H22N8O2/c1-19(2,28)11-26-8-7-12(24-26)9-27-10-14(23-25-27)16-13-5-4-6-15(29-3)17(13)22-18(20)21-16/h4-8,10,28H,9,11H2,1-3H3,(H2,20,21,22)/p+1. The van der Waals surface area contributed by atoms with Crippen LogP contribution >= 0.6 is 0 Å². The minimum atomic E-state index is -0.803. The molecule has 0 radical (unpaired) electrons. The lowest BCUT2D eigenvalue weighted by Crippen LogP contribution is -2.45. The van der Waals surface area contributed by atoms with Crippen LogP contribution in [0.1, 0.15) is 19.5 Å². The molecule has 10 nitrogen and oxygen atoms in total. The van der Waals surface area contributed by atoms with Gasteiger partial charge >= 0.3 is 0 Å². The van der Waals surface area contributed by atoms with Gasteiger partial charge in [-0.1, -0.05) is 17.3 Å². The number of hydrogen-bond acceptors (Lipinski definition) is 7. The molecule has 0 amide bonds. The minimum absolute atomic E-state index is 0.142. The van der Waals surface area contributed by atoms with Crippen molar-refractivity contribution in [2.24, 2.45) is 0 Å². The number of benzene rings is 1. The van der Waals surface area contributed by atoms with Crippen LogP contribution in [0.2, 0.25) is 0 Å². The van der Waals surface area contributed by atoms with Gasteiger partial charge in [-0.05, 0) is 19.9 Å². The Balaban J connectivity index is 1.63. The van der Waals surface area contributed by atoms with Crippen LogP contribution in [0.15, 0.2) is 36.7 Å². The number of rotatable bonds is 6. The Morgan fingerprint density at radius 2 is 2.10 bits per heavy atom. The van der Waals surface area contributed by atoms with Crippen molar-refractivity contribution in [2.75, 3.05) is 12.8 Å². The summed E-state index contributed by atoms with van der Waals surface area (Å²) in [6, 6.07) is 7.53. The highest BCUT2D eigenvalue weighted by Gasteiger charge is 2.21. The van der Waals surface area contributed by atoms with E-state index in [1.54, 1.807) is 25.6 Å². The fraction of sp³-hybridized carbons (Fsp3) is 0.316. The molecule has 4 rings (SSSR count). The third-order valence-corrected chi connectivity index (χ3v) is 4.34. The SMILES string of the molecule is COc1cccc2c(-c3cn(Cc4cc[n+](CC(C)(C)O)[nH]4)nn3)nc(N)nc12. The van der Waals surface area contributed by atoms with Crippen molar-refractivity contribution in [3.63, 3.8) is 0 Å². The molecule has 10 heteroatoms. The molecule has 29 heavy (non-hydrogen) atoms. The van der Waals surface area contributed by atoms with Crippen molar-refractivity contribution in [3.8, 4) is 17.1 Å². The average molecular weight is 395 g/mol. The monoisotopic (exact) mass is 395 g/mol. The molecule has 1 aromatic carbocycles. The summed E-state index contributed by atoms with van der Waals surface area (Å²) < 4.78 is 8.92. The van der Waals surface area contributed by atoms with E-state index < -0.39 is 5.60 Å². The fourth-order valence-electron chi connectivity index (χ4n) is 3.20. The van der Waals surface area contributed by atoms with Crippen molar-refractivity contribution in [1.82, 2.24) is 30.1 Å². The highest BCUT2D eigenvalue weighted by Crippen LogP contribution is 2.30. The van der Waals surface area contributed by atoms with Crippen LogP contribution in [0.3, 0.4) is 0 Å². The highest BCUT2D eigenvalue weighted by atomic mass is 16.5. The molecule has 0 aliphatic heterocycles. The molecule has 0 fully saturated rings. The van der Waals surface area contributed by atoms with Crippen LogP contribution in [0.5, 0.6) is 5.75 Å². The van der Waals surface area contributed by atoms with Crippen molar-refractivity contribution >= 4 is 16.9 Å². The average Bonchev–Trinajstić information content (AvgIpc) is 3.29. The lowest BCUT2D eigenvalue weighted by molar-refractivity contribution is -0.760. The molecule has 0 spiro atoms. The molecule has 0 saturated heterocycles. The Hall–Kier alpha value is -3.53. The van der Waals surface area contributed by atoms with Crippen molar-refractivity contribution in [2.45, 2.75) is 32.5 Å². The number of aliphatic hydroxyl groups is 1. The fourth-order valence-corrected chi connectivity index (χ4v) is 3.20. The van der Waals surface area contributed by atoms with Gasteiger partial charge in [0.15, 0.2) is 12.7 Å². The van der Waals surface area contributed by atoms with Crippen LogP contribution in [-0.2, 0) is 13.1 Å². The number of nitrogens with one attached hydrogen (secondary N) is 1. The van der Waals surface area contributed by atoms with E-state index in [-0.39, 0.29) is 5.95 Å². The van der Waals surface area contributed by atoms with Crippen LogP contribution in [0.4, 0.5) is 5.95 Å². The summed E-state index contributed by atoms with van der Waals surface area (Å²) >= 11 is 0. The second-order valence-electron chi connectivity index (χ2n) is 7.48. The molecule has 4 aromatic rings. The summed E-state index contributed by atoms with van der Waals surface area (Å²) in [7, 11) is 1.59. The maximum Gasteiger partial charge on any atom is 0.221 e. The Kier molecular flexibility index (Phi) is 4.63. The molecule has 150 valence electrons. The van der Waals surface area contributed by atoms with E-state index in [1.807, 2.05) is 41.3 Å². The zero-order valence-corrected chi connectivity index (χ0v) is 16.5. The second kappa shape index (κ2) is 7.13. The molecule has 4 N–H and O–H groups in total. The Morgan fingerprint density at radius 3 is 2.86 bits per heavy atom. The zero-order chi connectivity index (χ0) is 20.6. The van der Waals surface area contributed by atoms with Crippen molar-refractivity contribution in [3.05, 3.63) is 42.4 Å². The van der Waals surface area contributed by atoms with E-state index in [0.717, 1.165) is 11.1 Å². The number of H-pyrrole nitrogens is 1. The number of aromatic amines is 1. The Bertz CT molecular complexity index is 1160. The largest absolute Gasteiger partial charge is 0.494 e. The van der Waals surface area contributed by atoms with E-state index in [1.165, 1.54) is 0 Å². The predicted octanol–water partition coefficient (Wildman–Crippen LogP) is 0.914. The number of fused-ring (bicyclic) bond motifs is 1. The van der Waals surface area contributed by atoms with Gasteiger partial charge in [0.2, 0.25) is 5.95 Å². The van der Waals surface area contributed by atoms with E-state index >= 15 is 0 Å². The number of methoxy groups -OCH3 is 1. The van der Waals surface area contributed by atoms with Gasteiger partial charge < -0.3 is 15.6 Å². The number of nitrogen functional groups attached to an aromatic ring is 1. The Morgan fingerprint density at radius 1 is 1.28 bits per heavy atom. The van der Waals surface area contributed by atoms with Gasteiger partial charge in [0.25, 0.3) is 0 Å². The number of ether oxygens (including phenoxy) is 1. The number of anilines is 1. The molecule has 3 aromatic heterocycles. The molecular formula is C19H23N8O2+. The maximum atomic E-state index is 9.95. The van der Waals surface area contributed by atoms with Gasteiger partial charge in [0, 0.05) is 11.5 Å². The minimum Gasteiger partial charge on any atom is -0.494 e. The van der Waals surface area contributed by atoms with Gasteiger partial charge in [0.05, 0.1) is 19.9 Å². The smallest absolute Gasteiger partial charge is 0.221 e. The summed E-state index contributed by atoms with van der Waals surface area (Å²) in [5.41, 5.74) is 7.85. The van der Waals surface area contributed by atoms with E-state index in [0.29, 0.717) is 35.7 Å². The van der Waals surface area contributed by atoms with Gasteiger partial charge in [-0.3, -0.25) is 0 Å². The topological polar surface area (TPSA) is 132 Å². The van der Waals surface area contributed by atoms with Crippen molar-refractivity contribution < 1.29 is 14.5 Å². The predicted molar refractivity (Wildman–Crippen MR) is 106 cm³/mol. The lowest BCUT2D eigenvalue weighted by atomic mass is 10.1. The molecule has 0 aliphatic rings. The first kappa shape index (κ1) is 18.8. The summed E-state index contributed by atoms with van der Waals surface area (Å²) in [5, 5.41) is 22.4. The summed E-state index contributed by atoms with van der Waals surface area (Å²) in [4.78, 5) is 8.66. The molecular weight excluding hydrogens is 372 g/mol. The number of para-hydroxylation sites is 1. The Labute approximate surface area is 167 Å². The van der Waals surface area contributed by atoms with E-state index in [2.05, 4.69) is 25.4 Å². The van der Waals surface area contributed by atoms with Gasteiger partial charge in [-0.15, -0.1) is 9.78 Å². The first-order chi connectivity index (χ1) is 13.8. The quantitative estimate of drug-likeness (QED) is 0.414. The molecule has 3 heterocycles. The molecule has 0 unspecified atom stereocenters. The third-order valence-electron chi connectivity index (χ3n) is 4.34. The first-order valence-electron chi connectivity index (χ1n) is 9.13. The van der Waals surface area contributed by atoms with Crippen LogP contribution in [0, 0.1) is 0 Å². The normalized spacial score (nSPS) is 11.9. The lowest BCUT2D eigenvalue weighted by Gasteiger charge is -2.10. The van der Waals surface area contributed by atoms with Crippen molar-refractivity contribution in [1.29, 1.82) is 0 Å². The molecule has 0 atom stereocenters. The second-order valence-corrected chi connectivity index (χ2v) is 7.48. The van der Waals surface area contributed by atoms with Crippen LogP contribution < -0.4 is 15.2 Å². The summed E-state index contributed by atoms with van der Waals surface area (Å²) in [6.07, 6.45) is 3.69. The number of nitrogens with two attached hydrogens (primary N) is 1. The zero-order valence-electron chi connectivity index (χ0n) is 16.5. The van der Waals surface area contributed by atoms with E-state index in [9.17, 15) is 5.11 Å². The highest BCUT2D eigenvalue weighted by molar-refractivity contribution is 5.95. The molecule has 0 saturated carbocycles. The summed E-state index contributed by atoms with van der Waals surface area (Å²) in [5.74, 6) is 0.761. The van der Waals surface area contributed by atoms with Gasteiger partial charge in [0.1, 0.15) is 33.9 Å². The van der Waals surface area contributed by atoms with E-state index in [4.69, 9.17) is 10.5 Å². The summed E-state index contributed by atoms with van der Waals surface area (Å²) in [6.45, 7) is 4.48. The molecule has 0 bridgehead atoms. The number of nitrogens with zero attached hydrogens (tertiary/aromatic N) is 6. The number of aromatic nitrogens is 7. The van der Waals surface area contributed by atoms with Gasteiger partial charge in [-0.25, -0.2) is 14.6 Å². The van der Waals surface area contributed by atoms with Crippen LogP contribution in [0.25, 0.3) is 22.3 Å². The molecule has 0 aliphatic carbocycles.